The van der Waals surface area contributed by atoms with Gasteiger partial charge in [0.1, 0.15) is 0 Å². The molecule has 2 nitrogen and oxygen atoms in total. The molecule has 0 aromatic heterocycles. The van der Waals surface area contributed by atoms with Crippen molar-refractivity contribution in [2.24, 2.45) is 5.41 Å². The maximum Gasteiger partial charge on any atom is 0.0862 e. The number of aliphatic hydroxyl groups excluding tert-OH is 2. The lowest BCUT2D eigenvalue weighted by molar-refractivity contribution is 0.00638. The van der Waals surface area contributed by atoms with Crippen molar-refractivity contribution in [2.45, 2.75) is 33.3 Å². The summed E-state index contributed by atoms with van der Waals surface area (Å²) in [6, 6.07) is 7.90. The van der Waals surface area contributed by atoms with Gasteiger partial charge < -0.3 is 10.2 Å². The molecule has 0 saturated carbocycles. The summed E-state index contributed by atoms with van der Waals surface area (Å²) in [5.41, 5.74) is 1.63. The van der Waals surface area contributed by atoms with Crippen molar-refractivity contribution in [3.05, 3.63) is 35.4 Å². The van der Waals surface area contributed by atoms with Crippen molar-refractivity contribution >= 4 is 0 Å². The van der Waals surface area contributed by atoms with E-state index in [2.05, 4.69) is 6.92 Å². The van der Waals surface area contributed by atoms with Crippen LogP contribution in [-0.4, -0.2) is 16.8 Å². The number of aliphatic hydroxyl groups is 2. The van der Waals surface area contributed by atoms with Gasteiger partial charge in [0.25, 0.3) is 0 Å². The van der Waals surface area contributed by atoms with Gasteiger partial charge in [-0.15, -0.1) is 0 Å². The van der Waals surface area contributed by atoms with Crippen molar-refractivity contribution in [3.63, 3.8) is 0 Å². The topological polar surface area (TPSA) is 40.5 Å². The number of benzene rings is 1. The maximum atomic E-state index is 10.1. The molecule has 84 valence electrons. The van der Waals surface area contributed by atoms with Crippen LogP contribution in [0.1, 0.15) is 38.0 Å². The van der Waals surface area contributed by atoms with Crippen LogP contribution < -0.4 is 0 Å². The summed E-state index contributed by atoms with van der Waals surface area (Å²) >= 11 is 0. The molecule has 0 saturated heterocycles. The molecule has 1 atom stereocenters. The van der Waals surface area contributed by atoms with Crippen LogP contribution in [0.25, 0.3) is 0 Å². The van der Waals surface area contributed by atoms with Crippen molar-refractivity contribution in [1.82, 2.24) is 0 Å². The molecule has 15 heavy (non-hydrogen) atoms. The summed E-state index contributed by atoms with van der Waals surface area (Å²) in [5.74, 6) is 0. The monoisotopic (exact) mass is 208 g/mol. The molecule has 0 spiro atoms. The standard InChI is InChI=1S/C13H20O2/c1-4-10-5-7-11(8-6-10)12(15)13(2,3)9-14/h5-8,12,14-15H,4,9H2,1-3H3. The highest BCUT2D eigenvalue weighted by Crippen LogP contribution is 2.32. The quantitative estimate of drug-likeness (QED) is 0.797. The van der Waals surface area contributed by atoms with Crippen LogP contribution in [0, 0.1) is 5.41 Å². The molecule has 0 fully saturated rings. The first-order valence-electron chi connectivity index (χ1n) is 5.39. The highest BCUT2D eigenvalue weighted by molar-refractivity contribution is 5.25. The summed E-state index contributed by atoms with van der Waals surface area (Å²) in [4.78, 5) is 0. The summed E-state index contributed by atoms with van der Waals surface area (Å²) in [5, 5.41) is 19.2. The second-order valence-electron chi connectivity index (χ2n) is 4.64. The fourth-order valence-electron chi connectivity index (χ4n) is 1.47. The van der Waals surface area contributed by atoms with Gasteiger partial charge in [0.05, 0.1) is 12.7 Å². The van der Waals surface area contributed by atoms with Gasteiger partial charge in [-0.2, -0.15) is 0 Å². The third-order valence-corrected chi connectivity index (χ3v) is 2.85. The van der Waals surface area contributed by atoms with Crippen LogP contribution in [0.15, 0.2) is 24.3 Å². The molecule has 1 rings (SSSR count). The second kappa shape index (κ2) is 4.77. The molecule has 0 aliphatic carbocycles. The average molecular weight is 208 g/mol. The van der Waals surface area contributed by atoms with Gasteiger partial charge >= 0.3 is 0 Å². The smallest absolute Gasteiger partial charge is 0.0862 e. The predicted molar refractivity (Wildman–Crippen MR) is 61.6 cm³/mol. The van der Waals surface area contributed by atoms with Crippen LogP contribution in [0.5, 0.6) is 0 Å². The Kier molecular flexibility index (Phi) is 3.89. The first kappa shape index (κ1) is 12.2. The van der Waals surface area contributed by atoms with Gasteiger partial charge in [0.2, 0.25) is 0 Å². The fraction of sp³-hybridized carbons (Fsp3) is 0.538. The highest BCUT2D eigenvalue weighted by Gasteiger charge is 2.28. The third kappa shape index (κ3) is 2.80. The maximum absolute atomic E-state index is 10.1. The molecular weight excluding hydrogens is 188 g/mol. The van der Waals surface area contributed by atoms with Crippen molar-refractivity contribution in [1.29, 1.82) is 0 Å². The average Bonchev–Trinajstić information content (AvgIpc) is 2.28. The van der Waals surface area contributed by atoms with Gasteiger partial charge in [-0.05, 0) is 17.5 Å². The first-order valence-corrected chi connectivity index (χ1v) is 5.39. The van der Waals surface area contributed by atoms with Crippen LogP contribution in [0.4, 0.5) is 0 Å². The molecular formula is C13H20O2. The molecule has 0 radical (unpaired) electrons. The second-order valence-corrected chi connectivity index (χ2v) is 4.64. The van der Waals surface area contributed by atoms with Crippen LogP contribution in [-0.2, 0) is 6.42 Å². The molecule has 1 aromatic rings. The van der Waals surface area contributed by atoms with Gasteiger partial charge in [0, 0.05) is 5.41 Å². The zero-order valence-corrected chi connectivity index (χ0v) is 9.70. The molecule has 0 amide bonds. The van der Waals surface area contributed by atoms with E-state index in [9.17, 15) is 5.11 Å². The first-order chi connectivity index (χ1) is 7.01. The molecule has 1 aromatic carbocycles. The SMILES string of the molecule is CCc1ccc(C(O)C(C)(C)CO)cc1. The van der Waals surface area contributed by atoms with E-state index in [1.54, 1.807) is 0 Å². The molecule has 1 unspecified atom stereocenters. The Bertz CT molecular complexity index is 301. The predicted octanol–water partition coefficient (Wildman–Crippen LogP) is 2.30. The summed E-state index contributed by atoms with van der Waals surface area (Å²) in [7, 11) is 0. The van der Waals surface area contributed by atoms with E-state index >= 15 is 0 Å². The van der Waals surface area contributed by atoms with E-state index < -0.39 is 11.5 Å². The Balaban J connectivity index is 2.87. The number of aryl methyl sites for hydroxylation is 1. The number of hydrogen-bond donors (Lipinski definition) is 2. The Labute approximate surface area is 91.6 Å². The minimum Gasteiger partial charge on any atom is -0.396 e. The van der Waals surface area contributed by atoms with Crippen molar-refractivity contribution in [3.8, 4) is 0 Å². The Hall–Kier alpha value is -0.860. The highest BCUT2D eigenvalue weighted by atomic mass is 16.3. The molecule has 2 heteroatoms. The van der Waals surface area contributed by atoms with Gasteiger partial charge in [-0.3, -0.25) is 0 Å². The molecule has 0 aliphatic rings. The van der Waals surface area contributed by atoms with Crippen molar-refractivity contribution in [2.75, 3.05) is 6.61 Å². The van der Waals surface area contributed by atoms with E-state index in [-0.39, 0.29) is 6.61 Å². The molecule has 2 N–H and O–H groups in total. The number of hydrogen-bond acceptors (Lipinski definition) is 2. The van der Waals surface area contributed by atoms with Gasteiger partial charge in [-0.1, -0.05) is 45.0 Å². The molecule has 0 bridgehead atoms. The fourth-order valence-corrected chi connectivity index (χ4v) is 1.47. The summed E-state index contributed by atoms with van der Waals surface area (Å²) in [6.07, 6.45) is 0.383. The van der Waals surface area contributed by atoms with Crippen LogP contribution in [0.3, 0.4) is 0 Å². The molecule has 0 aliphatic heterocycles. The lowest BCUT2D eigenvalue weighted by Crippen LogP contribution is -2.25. The van der Waals surface area contributed by atoms with E-state index in [1.165, 1.54) is 5.56 Å². The van der Waals surface area contributed by atoms with Crippen molar-refractivity contribution < 1.29 is 10.2 Å². The number of rotatable bonds is 4. The van der Waals surface area contributed by atoms with E-state index in [0.29, 0.717) is 0 Å². The zero-order chi connectivity index (χ0) is 11.5. The lowest BCUT2D eigenvalue weighted by Gasteiger charge is -2.28. The van der Waals surface area contributed by atoms with E-state index in [1.807, 2.05) is 38.1 Å². The normalized spacial score (nSPS) is 13.9. The summed E-state index contributed by atoms with van der Waals surface area (Å²) in [6.45, 7) is 5.78. The van der Waals surface area contributed by atoms with Gasteiger partial charge in [-0.25, -0.2) is 0 Å². The van der Waals surface area contributed by atoms with E-state index in [0.717, 1.165) is 12.0 Å². The minimum atomic E-state index is -0.617. The summed E-state index contributed by atoms with van der Waals surface area (Å²) < 4.78 is 0. The Morgan fingerprint density at radius 3 is 2.13 bits per heavy atom. The zero-order valence-electron chi connectivity index (χ0n) is 9.70. The Morgan fingerprint density at radius 2 is 1.73 bits per heavy atom. The van der Waals surface area contributed by atoms with E-state index in [4.69, 9.17) is 5.11 Å². The van der Waals surface area contributed by atoms with Crippen LogP contribution >= 0.6 is 0 Å². The largest absolute Gasteiger partial charge is 0.396 e. The van der Waals surface area contributed by atoms with Crippen LogP contribution in [0.2, 0.25) is 0 Å². The third-order valence-electron chi connectivity index (χ3n) is 2.85. The van der Waals surface area contributed by atoms with Gasteiger partial charge in [0.15, 0.2) is 0 Å². The lowest BCUT2D eigenvalue weighted by atomic mass is 9.83. The molecule has 0 heterocycles. The Morgan fingerprint density at radius 1 is 1.20 bits per heavy atom. The minimum absolute atomic E-state index is 0.0241.